The fraction of sp³-hybridized carbons (Fsp3) is 0.0769. The van der Waals surface area contributed by atoms with Crippen molar-refractivity contribution >= 4 is 0 Å². The van der Waals surface area contributed by atoms with Crippen molar-refractivity contribution in [3.05, 3.63) is 41.8 Å². The topological polar surface area (TPSA) is 88.7 Å². The van der Waals surface area contributed by atoms with Crippen LogP contribution in [0.15, 0.2) is 39.6 Å². The van der Waals surface area contributed by atoms with Gasteiger partial charge in [0, 0.05) is 6.20 Å². The minimum absolute atomic E-state index is 0.287. The van der Waals surface area contributed by atoms with Crippen LogP contribution in [0.3, 0.4) is 0 Å². The van der Waals surface area contributed by atoms with Crippen molar-refractivity contribution < 1.29 is 8.94 Å². The van der Waals surface area contributed by atoms with E-state index in [1.165, 1.54) is 6.20 Å². The molecule has 0 spiro atoms. The summed E-state index contributed by atoms with van der Waals surface area (Å²) in [6, 6.07) is 7.12. The Kier molecular flexibility index (Phi) is 2.58. The third-order valence-electron chi connectivity index (χ3n) is 2.60. The molecular weight excluding hydrogens is 244 g/mol. The number of nitrogens with zero attached hydrogens (tertiary/aromatic N) is 4. The Morgan fingerprint density at radius 3 is 2.79 bits per heavy atom. The fourth-order valence-electron chi connectivity index (χ4n) is 1.61. The van der Waals surface area contributed by atoms with Gasteiger partial charge in [-0.2, -0.15) is 10.2 Å². The largest absolute Gasteiger partial charge is 0.461 e. The van der Waals surface area contributed by atoms with Crippen LogP contribution in [0.25, 0.3) is 23.2 Å². The van der Waals surface area contributed by atoms with E-state index in [-0.39, 0.29) is 5.89 Å². The van der Waals surface area contributed by atoms with Crippen LogP contribution in [0.1, 0.15) is 11.1 Å². The van der Waals surface area contributed by atoms with E-state index in [4.69, 9.17) is 14.2 Å². The Bertz CT molecular complexity index is 750. The lowest BCUT2D eigenvalue weighted by Crippen LogP contribution is -1.85. The maximum atomic E-state index is 8.70. The molecule has 0 aliphatic carbocycles. The monoisotopic (exact) mass is 252 g/mol. The van der Waals surface area contributed by atoms with Gasteiger partial charge >= 0.3 is 0 Å². The molecule has 0 aliphatic heterocycles. The van der Waals surface area contributed by atoms with Crippen molar-refractivity contribution in [3.63, 3.8) is 0 Å². The van der Waals surface area contributed by atoms with Gasteiger partial charge < -0.3 is 8.94 Å². The van der Waals surface area contributed by atoms with E-state index in [1.807, 2.05) is 19.1 Å². The Labute approximate surface area is 108 Å². The third-order valence-corrected chi connectivity index (χ3v) is 2.60. The van der Waals surface area contributed by atoms with Crippen LogP contribution in [-0.2, 0) is 0 Å². The van der Waals surface area contributed by atoms with Gasteiger partial charge in [-0.15, -0.1) is 0 Å². The zero-order chi connectivity index (χ0) is 13.2. The average molecular weight is 252 g/mol. The van der Waals surface area contributed by atoms with Gasteiger partial charge in [-0.3, -0.25) is 0 Å². The fourth-order valence-corrected chi connectivity index (χ4v) is 1.61. The standard InChI is InChI=1S/C13H8N4O2/c1-8-4-5-18-11(8)12-16-13(19-17-12)10-3-2-9(6-14)7-15-10/h2-5,7H,1H3. The van der Waals surface area contributed by atoms with E-state index in [0.717, 1.165) is 5.56 Å². The third kappa shape index (κ3) is 1.98. The van der Waals surface area contributed by atoms with Crippen LogP contribution in [0.5, 0.6) is 0 Å². The molecule has 3 aromatic rings. The minimum Gasteiger partial charge on any atom is -0.461 e. The first-order valence-electron chi connectivity index (χ1n) is 5.52. The minimum atomic E-state index is 0.287. The molecule has 0 atom stereocenters. The number of nitriles is 1. The molecule has 3 rings (SSSR count). The molecule has 3 heterocycles. The number of aromatic nitrogens is 3. The van der Waals surface area contributed by atoms with Gasteiger partial charge in [0.15, 0.2) is 5.76 Å². The average Bonchev–Trinajstić information content (AvgIpc) is 3.07. The molecule has 0 bridgehead atoms. The maximum absolute atomic E-state index is 8.70. The molecule has 0 amide bonds. The van der Waals surface area contributed by atoms with Gasteiger partial charge in [0.05, 0.1) is 11.8 Å². The molecule has 19 heavy (non-hydrogen) atoms. The zero-order valence-corrected chi connectivity index (χ0v) is 9.99. The molecule has 0 fully saturated rings. The smallest absolute Gasteiger partial charge is 0.276 e. The van der Waals surface area contributed by atoms with Gasteiger partial charge in [-0.25, -0.2) is 4.98 Å². The Morgan fingerprint density at radius 2 is 2.16 bits per heavy atom. The summed E-state index contributed by atoms with van der Waals surface area (Å²) in [5.74, 6) is 1.24. The number of rotatable bonds is 2. The first kappa shape index (κ1) is 11.2. The Morgan fingerprint density at radius 1 is 1.26 bits per heavy atom. The summed E-state index contributed by atoms with van der Waals surface area (Å²) in [6.45, 7) is 1.90. The van der Waals surface area contributed by atoms with Crippen LogP contribution < -0.4 is 0 Å². The highest BCUT2D eigenvalue weighted by Crippen LogP contribution is 2.24. The molecular formula is C13H8N4O2. The highest BCUT2D eigenvalue weighted by Gasteiger charge is 2.15. The zero-order valence-electron chi connectivity index (χ0n) is 9.99. The van der Waals surface area contributed by atoms with Crippen molar-refractivity contribution in [2.75, 3.05) is 0 Å². The van der Waals surface area contributed by atoms with Crippen molar-refractivity contribution in [3.8, 4) is 29.2 Å². The van der Waals surface area contributed by atoms with E-state index >= 15 is 0 Å². The van der Waals surface area contributed by atoms with E-state index in [0.29, 0.717) is 22.8 Å². The molecule has 6 nitrogen and oxygen atoms in total. The molecule has 0 radical (unpaired) electrons. The molecule has 3 aromatic heterocycles. The highest BCUT2D eigenvalue weighted by atomic mass is 16.5. The second-order valence-electron chi connectivity index (χ2n) is 3.90. The second-order valence-corrected chi connectivity index (χ2v) is 3.90. The van der Waals surface area contributed by atoms with Gasteiger partial charge in [-0.05, 0) is 30.7 Å². The maximum Gasteiger partial charge on any atom is 0.276 e. The van der Waals surface area contributed by atoms with Crippen molar-refractivity contribution in [2.45, 2.75) is 6.92 Å². The van der Waals surface area contributed by atoms with Crippen molar-refractivity contribution in [2.24, 2.45) is 0 Å². The number of furan rings is 1. The number of aryl methyl sites for hydroxylation is 1. The lowest BCUT2D eigenvalue weighted by molar-refractivity contribution is 0.428. The summed E-state index contributed by atoms with van der Waals surface area (Å²) in [5.41, 5.74) is 1.92. The number of pyridine rings is 1. The first-order chi connectivity index (χ1) is 9.28. The van der Waals surface area contributed by atoms with Gasteiger partial charge in [0.1, 0.15) is 11.8 Å². The molecule has 6 heteroatoms. The number of hydrogen-bond donors (Lipinski definition) is 0. The van der Waals surface area contributed by atoms with Crippen LogP contribution >= 0.6 is 0 Å². The lowest BCUT2D eigenvalue weighted by Gasteiger charge is -1.92. The molecule has 92 valence electrons. The van der Waals surface area contributed by atoms with Crippen molar-refractivity contribution in [1.82, 2.24) is 15.1 Å². The van der Waals surface area contributed by atoms with Gasteiger partial charge in [0.2, 0.25) is 5.82 Å². The van der Waals surface area contributed by atoms with E-state index in [9.17, 15) is 0 Å². The van der Waals surface area contributed by atoms with Crippen molar-refractivity contribution in [1.29, 1.82) is 5.26 Å². The number of hydrogen-bond acceptors (Lipinski definition) is 6. The first-order valence-corrected chi connectivity index (χ1v) is 5.52. The predicted molar refractivity (Wildman–Crippen MR) is 64.7 cm³/mol. The highest BCUT2D eigenvalue weighted by molar-refractivity contribution is 5.56. The van der Waals surface area contributed by atoms with E-state index in [1.54, 1.807) is 18.4 Å². The molecule has 0 N–H and O–H groups in total. The summed E-state index contributed by atoms with van der Waals surface area (Å²) in [5, 5.41) is 12.6. The quantitative estimate of drug-likeness (QED) is 0.696. The summed E-state index contributed by atoms with van der Waals surface area (Å²) in [4.78, 5) is 8.31. The predicted octanol–water partition coefficient (Wildman–Crippen LogP) is 2.57. The molecule has 0 saturated heterocycles. The van der Waals surface area contributed by atoms with Crippen LogP contribution in [-0.4, -0.2) is 15.1 Å². The molecule has 0 unspecified atom stereocenters. The summed E-state index contributed by atoms with van der Waals surface area (Å²) >= 11 is 0. The van der Waals surface area contributed by atoms with Crippen LogP contribution in [0.2, 0.25) is 0 Å². The Hall–Kier alpha value is -2.94. The Balaban J connectivity index is 1.97. The van der Waals surface area contributed by atoms with Crippen LogP contribution in [0.4, 0.5) is 0 Å². The van der Waals surface area contributed by atoms with E-state index < -0.39 is 0 Å². The van der Waals surface area contributed by atoms with Gasteiger partial charge in [0.25, 0.3) is 5.89 Å². The normalized spacial score (nSPS) is 10.3. The molecule has 0 aromatic carbocycles. The summed E-state index contributed by atoms with van der Waals surface area (Å²) in [7, 11) is 0. The SMILES string of the molecule is Cc1ccoc1-c1noc(-c2ccc(C#N)cn2)n1. The summed E-state index contributed by atoms with van der Waals surface area (Å²) in [6.07, 6.45) is 3.03. The van der Waals surface area contributed by atoms with Gasteiger partial charge in [-0.1, -0.05) is 5.16 Å². The second kappa shape index (κ2) is 4.38. The molecule has 0 aliphatic rings. The van der Waals surface area contributed by atoms with Crippen LogP contribution in [0, 0.1) is 18.3 Å². The van der Waals surface area contributed by atoms with E-state index in [2.05, 4.69) is 15.1 Å². The summed E-state index contributed by atoms with van der Waals surface area (Å²) < 4.78 is 10.4. The lowest BCUT2D eigenvalue weighted by atomic mass is 10.2. The molecule has 0 saturated carbocycles.